The Bertz CT molecular complexity index is 997. The molecule has 0 fully saturated rings. The number of amides is 2. The summed E-state index contributed by atoms with van der Waals surface area (Å²) in [5, 5.41) is 10.2. The van der Waals surface area contributed by atoms with E-state index in [0.29, 0.717) is 22.6 Å². The van der Waals surface area contributed by atoms with Gasteiger partial charge in [-0.05, 0) is 36.6 Å². The van der Waals surface area contributed by atoms with Crippen molar-refractivity contribution in [3.63, 3.8) is 0 Å². The zero-order valence-electron chi connectivity index (χ0n) is 15.0. The minimum Gasteiger partial charge on any atom is -0.268 e. The lowest BCUT2D eigenvalue weighted by molar-refractivity contribution is 0.0924. The number of hydrogen-bond acceptors (Lipinski definition) is 5. The lowest BCUT2D eigenvalue weighted by Crippen LogP contribution is -2.31. The van der Waals surface area contributed by atoms with Crippen molar-refractivity contribution in [1.82, 2.24) is 20.4 Å². The summed E-state index contributed by atoms with van der Waals surface area (Å²) in [4.78, 5) is 31.5. The van der Waals surface area contributed by atoms with Crippen LogP contribution in [0, 0.1) is 0 Å². The maximum absolute atomic E-state index is 13.0. The second-order valence-corrected chi connectivity index (χ2v) is 6.52. The summed E-state index contributed by atoms with van der Waals surface area (Å²) in [5.74, 6) is -0.246. The van der Waals surface area contributed by atoms with Crippen LogP contribution in [0.25, 0.3) is 11.3 Å². The normalized spacial score (nSPS) is 13.3. The minimum atomic E-state index is -0.347. The first-order valence-corrected chi connectivity index (χ1v) is 9.04. The average Bonchev–Trinajstić information content (AvgIpc) is 3.31. The number of unbranched alkanes of at least 4 members (excludes halogenated alkanes) is 2. The van der Waals surface area contributed by atoms with Gasteiger partial charge in [0.15, 0.2) is 0 Å². The van der Waals surface area contributed by atoms with Gasteiger partial charge in [0, 0.05) is 11.8 Å². The molecule has 1 N–H and O–H groups in total. The van der Waals surface area contributed by atoms with Crippen molar-refractivity contribution >= 4 is 17.6 Å². The van der Waals surface area contributed by atoms with Gasteiger partial charge in [-0.15, -0.1) is 5.10 Å². The minimum absolute atomic E-state index is 0.334. The highest BCUT2D eigenvalue weighted by Gasteiger charge is 2.38. The molecule has 4 rings (SSSR count). The molecule has 0 atom stereocenters. The number of carbonyl (C=O) groups is 2. The highest BCUT2D eigenvalue weighted by molar-refractivity contribution is 6.34. The zero-order chi connectivity index (χ0) is 18.8. The van der Waals surface area contributed by atoms with Gasteiger partial charge in [0.2, 0.25) is 0 Å². The van der Waals surface area contributed by atoms with Crippen molar-refractivity contribution in [2.75, 3.05) is 4.90 Å². The molecule has 1 aromatic carbocycles. The maximum Gasteiger partial charge on any atom is 0.267 e. The summed E-state index contributed by atoms with van der Waals surface area (Å²) in [6, 6.07) is 8.93. The van der Waals surface area contributed by atoms with Crippen LogP contribution in [0.5, 0.6) is 0 Å². The molecule has 0 saturated heterocycles. The number of pyridine rings is 1. The molecule has 7 nitrogen and oxygen atoms in total. The molecule has 7 heteroatoms. The third-order valence-corrected chi connectivity index (χ3v) is 4.74. The third-order valence-electron chi connectivity index (χ3n) is 4.74. The maximum atomic E-state index is 13.0. The first-order chi connectivity index (χ1) is 13.2. The number of hydrogen-bond donors (Lipinski definition) is 1. The highest BCUT2D eigenvalue weighted by atomic mass is 16.2. The smallest absolute Gasteiger partial charge is 0.267 e. The largest absolute Gasteiger partial charge is 0.268 e. The van der Waals surface area contributed by atoms with Gasteiger partial charge < -0.3 is 0 Å². The van der Waals surface area contributed by atoms with Crippen molar-refractivity contribution in [2.24, 2.45) is 0 Å². The van der Waals surface area contributed by atoms with Gasteiger partial charge in [-0.1, -0.05) is 37.1 Å². The van der Waals surface area contributed by atoms with E-state index in [1.54, 1.807) is 30.6 Å². The Hall–Kier alpha value is -3.35. The number of fused-ring (bicyclic) bond motifs is 1. The Kier molecular flexibility index (Phi) is 4.50. The fraction of sp³-hybridized carbons (Fsp3) is 0.250. The number of imide groups is 1. The average molecular weight is 361 g/mol. The number of aromatic nitrogens is 4. The molecule has 3 aromatic rings. The number of carbonyl (C=O) groups excluding carboxylic acids is 2. The molecule has 1 aliphatic rings. The molecule has 3 heterocycles. The Morgan fingerprint density at radius 1 is 1.07 bits per heavy atom. The van der Waals surface area contributed by atoms with E-state index in [0.717, 1.165) is 36.8 Å². The Balaban J connectivity index is 1.70. The molecule has 0 unspecified atom stereocenters. The molecular weight excluding hydrogens is 342 g/mol. The first-order valence-electron chi connectivity index (χ1n) is 9.04. The van der Waals surface area contributed by atoms with Crippen molar-refractivity contribution in [3.05, 3.63) is 59.4 Å². The van der Waals surface area contributed by atoms with Crippen molar-refractivity contribution in [2.45, 2.75) is 32.6 Å². The zero-order valence-corrected chi connectivity index (χ0v) is 15.0. The fourth-order valence-corrected chi connectivity index (χ4v) is 3.33. The molecule has 0 bridgehead atoms. The van der Waals surface area contributed by atoms with Crippen LogP contribution in [0.1, 0.15) is 52.5 Å². The van der Waals surface area contributed by atoms with E-state index in [1.165, 1.54) is 4.90 Å². The summed E-state index contributed by atoms with van der Waals surface area (Å²) in [7, 11) is 0. The number of benzene rings is 1. The van der Waals surface area contributed by atoms with Gasteiger partial charge >= 0.3 is 0 Å². The third kappa shape index (κ3) is 3.01. The lowest BCUT2D eigenvalue weighted by atomic mass is 10.0. The Morgan fingerprint density at radius 3 is 2.70 bits per heavy atom. The number of nitrogens with one attached hydrogen (secondary N) is 1. The van der Waals surface area contributed by atoms with E-state index < -0.39 is 0 Å². The van der Waals surface area contributed by atoms with Crippen molar-refractivity contribution in [3.8, 4) is 11.3 Å². The summed E-state index contributed by atoms with van der Waals surface area (Å²) in [6.45, 7) is 2.14. The molecule has 2 amide bonds. The molecular formula is C20H19N5O2. The summed E-state index contributed by atoms with van der Waals surface area (Å²) in [5.41, 5.74) is 3.12. The molecule has 0 radical (unpaired) electrons. The standard InChI is InChI=1S/C20H19N5O2/c1-2-3-4-6-13-7-5-10-21-18(13)25-19(26)15-9-8-14(11-16(15)20(25)27)17-12-22-24-23-17/h5,7-12H,2-4,6H2,1H3,(H,22,23,24). The van der Waals surface area contributed by atoms with Crippen molar-refractivity contribution < 1.29 is 9.59 Å². The topological polar surface area (TPSA) is 91.8 Å². The number of H-pyrrole nitrogens is 1. The van der Waals surface area contributed by atoms with E-state index in [-0.39, 0.29) is 11.8 Å². The lowest BCUT2D eigenvalue weighted by Gasteiger charge is -2.16. The first kappa shape index (κ1) is 17.1. The van der Waals surface area contributed by atoms with Crippen molar-refractivity contribution in [1.29, 1.82) is 0 Å². The SMILES string of the molecule is CCCCCc1cccnc1N1C(=O)c2ccc(-c3cnn[nH]3)cc2C1=O. The van der Waals surface area contributed by atoms with Gasteiger partial charge in [0.1, 0.15) is 5.82 Å². The van der Waals surface area contributed by atoms with Crippen LogP contribution in [-0.4, -0.2) is 32.2 Å². The van der Waals surface area contributed by atoms with Gasteiger partial charge in [-0.3, -0.25) is 14.7 Å². The number of nitrogens with zero attached hydrogens (tertiary/aromatic N) is 4. The molecule has 1 aliphatic heterocycles. The Labute approximate surface area is 156 Å². The van der Waals surface area contributed by atoms with Gasteiger partial charge in [0.05, 0.1) is 23.0 Å². The number of aromatic amines is 1. The molecule has 0 aliphatic carbocycles. The quantitative estimate of drug-likeness (QED) is 0.537. The van der Waals surface area contributed by atoms with E-state index in [1.807, 2.05) is 12.1 Å². The fourth-order valence-electron chi connectivity index (χ4n) is 3.33. The van der Waals surface area contributed by atoms with Crippen LogP contribution >= 0.6 is 0 Å². The van der Waals surface area contributed by atoms with Crippen LogP contribution in [0.3, 0.4) is 0 Å². The second kappa shape index (κ2) is 7.11. The van der Waals surface area contributed by atoms with Gasteiger partial charge in [0.25, 0.3) is 11.8 Å². The van der Waals surface area contributed by atoms with E-state index >= 15 is 0 Å². The summed E-state index contributed by atoms with van der Waals surface area (Å²) in [6.07, 6.45) is 7.17. The molecule has 0 spiro atoms. The highest BCUT2D eigenvalue weighted by Crippen LogP contribution is 2.32. The van der Waals surface area contributed by atoms with Crippen LogP contribution in [-0.2, 0) is 6.42 Å². The Morgan fingerprint density at radius 2 is 1.93 bits per heavy atom. The van der Waals surface area contributed by atoms with Crippen LogP contribution in [0.15, 0.2) is 42.7 Å². The predicted octanol–water partition coefficient (Wildman–Crippen LogP) is 3.40. The summed E-state index contributed by atoms with van der Waals surface area (Å²) < 4.78 is 0. The van der Waals surface area contributed by atoms with E-state index in [2.05, 4.69) is 27.3 Å². The number of rotatable bonds is 6. The second-order valence-electron chi connectivity index (χ2n) is 6.52. The molecule has 136 valence electrons. The van der Waals surface area contributed by atoms with E-state index in [4.69, 9.17) is 0 Å². The molecule has 2 aromatic heterocycles. The number of aryl methyl sites for hydroxylation is 1. The predicted molar refractivity (Wildman–Crippen MR) is 100 cm³/mol. The van der Waals surface area contributed by atoms with Gasteiger partial charge in [-0.25, -0.2) is 9.88 Å². The summed E-state index contributed by atoms with van der Waals surface area (Å²) >= 11 is 0. The van der Waals surface area contributed by atoms with E-state index in [9.17, 15) is 9.59 Å². The molecule has 0 saturated carbocycles. The van der Waals surface area contributed by atoms with Crippen LogP contribution < -0.4 is 4.90 Å². The van der Waals surface area contributed by atoms with Crippen LogP contribution in [0.4, 0.5) is 5.82 Å². The molecule has 27 heavy (non-hydrogen) atoms. The monoisotopic (exact) mass is 361 g/mol. The van der Waals surface area contributed by atoms with Gasteiger partial charge in [-0.2, -0.15) is 0 Å². The number of anilines is 1. The van der Waals surface area contributed by atoms with Crippen LogP contribution in [0.2, 0.25) is 0 Å².